The van der Waals surface area contributed by atoms with E-state index in [1.165, 1.54) is 18.9 Å². The van der Waals surface area contributed by atoms with Gasteiger partial charge in [0.2, 0.25) is 0 Å². The molecule has 162 valence electrons. The number of amidine groups is 1. The summed E-state index contributed by atoms with van der Waals surface area (Å²) >= 11 is 1.28. The lowest BCUT2D eigenvalue weighted by Gasteiger charge is -2.13. The van der Waals surface area contributed by atoms with Gasteiger partial charge in [0.25, 0.3) is 5.91 Å². The predicted octanol–water partition coefficient (Wildman–Crippen LogP) is 4.50. The number of para-hydroxylation sites is 1. The standard InChI is InChI=1S/C23H24N2O5S/c1-5-25-21(26)19(14-15-9-8-12-18(28-3)20(15)30-6-2)31-23(25)24-17-11-7-10-16(13-17)22(27)29-4/h7-14H,5-6H2,1-4H3. The van der Waals surface area contributed by atoms with Crippen LogP contribution in [0.3, 0.4) is 0 Å². The smallest absolute Gasteiger partial charge is 0.337 e. The van der Waals surface area contributed by atoms with Crippen LogP contribution in [0.1, 0.15) is 29.8 Å². The summed E-state index contributed by atoms with van der Waals surface area (Å²) < 4.78 is 15.9. The number of amides is 1. The number of aliphatic imine (C=N–C) groups is 1. The maximum absolute atomic E-state index is 13.0. The van der Waals surface area contributed by atoms with E-state index < -0.39 is 5.97 Å². The van der Waals surface area contributed by atoms with Crippen molar-refractivity contribution in [3.63, 3.8) is 0 Å². The molecule has 3 rings (SSSR count). The maximum Gasteiger partial charge on any atom is 0.337 e. The minimum atomic E-state index is -0.438. The van der Waals surface area contributed by atoms with Crippen LogP contribution in [0.15, 0.2) is 52.4 Å². The Morgan fingerprint density at radius 3 is 2.61 bits per heavy atom. The minimum absolute atomic E-state index is 0.138. The zero-order valence-corrected chi connectivity index (χ0v) is 18.7. The molecule has 2 aromatic carbocycles. The first-order valence-electron chi connectivity index (χ1n) is 9.80. The molecule has 0 spiro atoms. The summed E-state index contributed by atoms with van der Waals surface area (Å²) in [5, 5.41) is 0.543. The van der Waals surface area contributed by atoms with Crippen molar-refractivity contribution >= 4 is 40.6 Å². The Balaban J connectivity index is 1.98. The van der Waals surface area contributed by atoms with Crippen molar-refractivity contribution in [2.45, 2.75) is 13.8 Å². The van der Waals surface area contributed by atoms with Gasteiger partial charge in [0.1, 0.15) is 0 Å². The Morgan fingerprint density at radius 2 is 1.94 bits per heavy atom. The average molecular weight is 441 g/mol. The van der Waals surface area contributed by atoms with Crippen molar-refractivity contribution < 1.29 is 23.8 Å². The molecule has 0 bridgehead atoms. The highest BCUT2D eigenvalue weighted by molar-refractivity contribution is 8.18. The Hall–Kier alpha value is -3.26. The van der Waals surface area contributed by atoms with Gasteiger partial charge in [0.05, 0.1) is 37.0 Å². The van der Waals surface area contributed by atoms with Crippen LogP contribution in [0.25, 0.3) is 6.08 Å². The number of hydrogen-bond acceptors (Lipinski definition) is 7. The fourth-order valence-corrected chi connectivity index (χ4v) is 4.10. The Bertz CT molecular complexity index is 1050. The highest BCUT2D eigenvalue weighted by atomic mass is 32.2. The fraction of sp³-hybridized carbons (Fsp3) is 0.261. The molecule has 0 aliphatic carbocycles. The van der Waals surface area contributed by atoms with Crippen LogP contribution in [0.2, 0.25) is 0 Å². The number of esters is 1. The van der Waals surface area contributed by atoms with E-state index in [9.17, 15) is 9.59 Å². The highest BCUT2D eigenvalue weighted by Crippen LogP contribution is 2.38. The van der Waals surface area contributed by atoms with E-state index in [1.54, 1.807) is 42.4 Å². The molecule has 0 aromatic heterocycles. The molecule has 0 radical (unpaired) electrons. The van der Waals surface area contributed by atoms with Crippen LogP contribution < -0.4 is 9.47 Å². The first-order valence-corrected chi connectivity index (χ1v) is 10.6. The van der Waals surface area contributed by atoms with Crippen molar-refractivity contribution in [2.75, 3.05) is 27.4 Å². The third kappa shape index (κ3) is 4.91. The van der Waals surface area contributed by atoms with E-state index in [0.717, 1.165) is 5.56 Å². The summed E-state index contributed by atoms with van der Waals surface area (Å²) in [6.45, 7) is 4.72. The van der Waals surface area contributed by atoms with Crippen molar-refractivity contribution in [3.8, 4) is 11.5 Å². The summed E-state index contributed by atoms with van der Waals surface area (Å²) in [5.74, 6) is 0.618. The topological polar surface area (TPSA) is 77.4 Å². The fourth-order valence-electron chi connectivity index (χ4n) is 3.05. The molecule has 0 unspecified atom stereocenters. The number of hydrogen-bond donors (Lipinski definition) is 0. The second-order valence-electron chi connectivity index (χ2n) is 6.41. The van der Waals surface area contributed by atoms with Gasteiger partial charge in [-0.3, -0.25) is 9.69 Å². The van der Waals surface area contributed by atoms with E-state index >= 15 is 0 Å². The number of carbonyl (C=O) groups is 2. The zero-order valence-electron chi connectivity index (χ0n) is 17.9. The molecular weight excluding hydrogens is 416 g/mol. The van der Waals surface area contributed by atoms with Gasteiger partial charge in [-0.1, -0.05) is 18.2 Å². The highest BCUT2D eigenvalue weighted by Gasteiger charge is 2.32. The lowest BCUT2D eigenvalue weighted by atomic mass is 10.1. The number of likely N-dealkylation sites (N-methyl/N-ethyl adjacent to an activating group) is 1. The number of benzene rings is 2. The second kappa shape index (κ2) is 10.2. The molecular formula is C23H24N2O5S. The summed E-state index contributed by atoms with van der Waals surface area (Å²) in [6.07, 6.45) is 1.79. The van der Waals surface area contributed by atoms with Crippen molar-refractivity contribution in [2.24, 2.45) is 4.99 Å². The van der Waals surface area contributed by atoms with Gasteiger partial charge < -0.3 is 14.2 Å². The maximum atomic E-state index is 13.0. The van der Waals surface area contributed by atoms with E-state index in [1.807, 2.05) is 32.0 Å². The normalized spacial score (nSPS) is 16.1. The Morgan fingerprint density at radius 1 is 1.16 bits per heavy atom. The number of thioether (sulfide) groups is 1. The lowest BCUT2D eigenvalue weighted by molar-refractivity contribution is -0.122. The minimum Gasteiger partial charge on any atom is -0.493 e. The Kier molecular flexibility index (Phi) is 7.36. The molecule has 31 heavy (non-hydrogen) atoms. The molecule has 1 heterocycles. The Labute approximate surface area is 185 Å². The van der Waals surface area contributed by atoms with Gasteiger partial charge >= 0.3 is 5.97 Å². The SMILES string of the molecule is CCOc1c(C=C2SC(=Nc3cccc(C(=O)OC)c3)N(CC)C2=O)cccc1OC. The van der Waals surface area contributed by atoms with Crippen LogP contribution in [0, 0.1) is 0 Å². The first kappa shape index (κ1) is 22.4. The quantitative estimate of drug-likeness (QED) is 0.466. The third-order valence-electron chi connectivity index (χ3n) is 4.50. The van der Waals surface area contributed by atoms with Crippen molar-refractivity contribution in [1.82, 2.24) is 4.90 Å². The predicted molar refractivity (Wildman–Crippen MR) is 122 cm³/mol. The van der Waals surface area contributed by atoms with Gasteiger partial charge in [-0.2, -0.15) is 0 Å². The van der Waals surface area contributed by atoms with Crippen molar-refractivity contribution in [3.05, 3.63) is 58.5 Å². The van der Waals surface area contributed by atoms with E-state index in [2.05, 4.69) is 4.99 Å². The lowest BCUT2D eigenvalue weighted by Crippen LogP contribution is -2.28. The van der Waals surface area contributed by atoms with Gasteiger partial charge in [-0.15, -0.1) is 0 Å². The molecule has 2 aromatic rings. The molecule has 1 saturated heterocycles. The molecule has 7 nitrogen and oxygen atoms in total. The molecule has 0 saturated carbocycles. The van der Waals surface area contributed by atoms with Crippen LogP contribution >= 0.6 is 11.8 Å². The number of ether oxygens (including phenoxy) is 3. The largest absolute Gasteiger partial charge is 0.493 e. The summed E-state index contributed by atoms with van der Waals surface area (Å²) in [6, 6.07) is 12.3. The van der Waals surface area contributed by atoms with Gasteiger partial charge in [0, 0.05) is 12.1 Å². The number of nitrogens with zero attached hydrogens (tertiary/aromatic N) is 2. The van der Waals surface area contributed by atoms with Crippen LogP contribution in [0.4, 0.5) is 5.69 Å². The van der Waals surface area contributed by atoms with E-state index in [0.29, 0.717) is 46.0 Å². The van der Waals surface area contributed by atoms with Gasteiger partial charge in [-0.05, 0) is 56.0 Å². The number of carbonyl (C=O) groups excluding carboxylic acids is 2. The average Bonchev–Trinajstić information content (AvgIpc) is 3.08. The number of methoxy groups -OCH3 is 2. The van der Waals surface area contributed by atoms with Gasteiger partial charge in [-0.25, -0.2) is 9.79 Å². The molecule has 0 N–H and O–H groups in total. The summed E-state index contributed by atoms with van der Waals surface area (Å²) in [7, 11) is 2.91. The molecule has 8 heteroatoms. The molecule has 1 aliphatic rings. The zero-order chi connectivity index (χ0) is 22.4. The molecule has 1 aliphatic heterocycles. The molecule has 0 atom stereocenters. The van der Waals surface area contributed by atoms with E-state index in [4.69, 9.17) is 14.2 Å². The summed E-state index contributed by atoms with van der Waals surface area (Å²) in [4.78, 5) is 31.5. The van der Waals surface area contributed by atoms with Crippen molar-refractivity contribution in [1.29, 1.82) is 0 Å². The van der Waals surface area contributed by atoms with Gasteiger partial charge in [0.15, 0.2) is 16.7 Å². The monoisotopic (exact) mass is 440 g/mol. The van der Waals surface area contributed by atoms with Crippen LogP contribution in [-0.4, -0.2) is 49.3 Å². The molecule has 1 amide bonds. The third-order valence-corrected chi connectivity index (χ3v) is 5.51. The van der Waals surface area contributed by atoms with E-state index in [-0.39, 0.29) is 5.91 Å². The first-order chi connectivity index (χ1) is 15.0. The summed E-state index contributed by atoms with van der Waals surface area (Å²) in [5.41, 5.74) is 1.71. The van der Waals surface area contributed by atoms with Crippen LogP contribution in [-0.2, 0) is 9.53 Å². The number of rotatable bonds is 7. The second-order valence-corrected chi connectivity index (χ2v) is 7.42. The van der Waals surface area contributed by atoms with Crippen LogP contribution in [0.5, 0.6) is 11.5 Å². The molecule has 1 fully saturated rings.